The van der Waals surface area contributed by atoms with Gasteiger partial charge in [-0.2, -0.15) is 11.8 Å². The molecular formula is C8H18N4S. The predicted molar refractivity (Wildman–Crippen MR) is 59.1 cm³/mol. The fraction of sp³-hybridized carbons (Fsp3) is 1.00. The van der Waals surface area contributed by atoms with Gasteiger partial charge in [-0.15, -0.1) is 0 Å². The van der Waals surface area contributed by atoms with Gasteiger partial charge < -0.3 is 4.90 Å². The summed E-state index contributed by atoms with van der Waals surface area (Å²) in [6.45, 7) is 3.82. The maximum atomic E-state index is 8.07. The fourth-order valence-electron chi connectivity index (χ4n) is 1.02. The Kier molecular flexibility index (Phi) is 7.99. The summed E-state index contributed by atoms with van der Waals surface area (Å²) >= 11 is 1.86. The summed E-state index contributed by atoms with van der Waals surface area (Å²) in [7, 11) is 2.11. The molecule has 0 aromatic heterocycles. The molecule has 1 unspecified atom stereocenters. The van der Waals surface area contributed by atoms with Gasteiger partial charge in [-0.25, -0.2) is 0 Å². The quantitative estimate of drug-likeness (QED) is 0.275. The molecule has 0 rings (SSSR count). The van der Waals surface area contributed by atoms with Crippen LogP contribution in [0, 0.1) is 0 Å². The van der Waals surface area contributed by atoms with Crippen LogP contribution in [0.15, 0.2) is 5.11 Å². The highest BCUT2D eigenvalue weighted by Crippen LogP contribution is 2.03. The lowest BCUT2D eigenvalue weighted by atomic mass is 10.3. The molecule has 0 amide bonds. The molecule has 0 aliphatic heterocycles. The van der Waals surface area contributed by atoms with Gasteiger partial charge in [0.1, 0.15) is 0 Å². The zero-order valence-electron chi connectivity index (χ0n) is 8.60. The van der Waals surface area contributed by atoms with Crippen molar-refractivity contribution in [3.8, 4) is 0 Å². The first-order chi connectivity index (χ1) is 6.22. The maximum absolute atomic E-state index is 8.07. The molecule has 0 fully saturated rings. The lowest BCUT2D eigenvalue weighted by Gasteiger charge is -2.23. The molecular weight excluding hydrogens is 184 g/mol. The zero-order chi connectivity index (χ0) is 10.1. The number of hydrogen-bond acceptors (Lipinski definition) is 3. The van der Waals surface area contributed by atoms with E-state index in [0.29, 0.717) is 12.6 Å². The van der Waals surface area contributed by atoms with E-state index in [1.54, 1.807) is 0 Å². The van der Waals surface area contributed by atoms with E-state index in [2.05, 4.69) is 35.2 Å². The number of rotatable bonds is 7. The third-order valence-electron chi connectivity index (χ3n) is 1.99. The van der Waals surface area contributed by atoms with Gasteiger partial charge in [0, 0.05) is 23.3 Å². The summed E-state index contributed by atoms with van der Waals surface area (Å²) in [5, 5.41) is 3.50. The summed E-state index contributed by atoms with van der Waals surface area (Å²) < 4.78 is 0. The molecule has 1 atom stereocenters. The fourth-order valence-corrected chi connectivity index (χ4v) is 1.76. The lowest BCUT2D eigenvalue weighted by Crippen LogP contribution is -2.32. The molecule has 4 nitrogen and oxygen atoms in total. The van der Waals surface area contributed by atoms with Crippen molar-refractivity contribution in [1.82, 2.24) is 4.90 Å². The van der Waals surface area contributed by atoms with Crippen molar-refractivity contribution in [3.63, 3.8) is 0 Å². The Balaban J connectivity index is 3.48. The van der Waals surface area contributed by atoms with Crippen molar-refractivity contribution >= 4 is 11.8 Å². The van der Waals surface area contributed by atoms with Crippen molar-refractivity contribution in [1.29, 1.82) is 0 Å². The van der Waals surface area contributed by atoms with Crippen LogP contribution in [-0.4, -0.2) is 43.1 Å². The molecule has 0 saturated heterocycles. The smallest absolute Gasteiger partial charge is 0.0270 e. The average Bonchev–Trinajstić information content (AvgIpc) is 2.12. The van der Waals surface area contributed by atoms with Gasteiger partial charge in [0.05, 0.1) is 0 Å². The number of thioether (sulfide) groups is 1. The van der Waals surface area contributed by atoms with E-state index in [1.165, 1.54) is 0 Å². The number of azide groups is 1. The second-order valence-electron chi connectivity index (χ2n) is 3.09. The Hall–Kier alpha value is -0.380. The molecule has 0 heterocycles. The van der Waals surface area contributed by atoms with Crippen molar-refractivity contribution < 1.29 is 0 Å². The first-order valence-corrected chi connectivity index (χ1v) is 5.81. The molecule has 0 aliphatic carbocycles. The van der Waals surface area contributed by atoms with Gasteiger partial charge in [0.25, 0.3) is 0 Å². The summed E-state index contributed by atoms with van der Waals surface area (Å²) in [4.78, 5) is 5.01. The molecule has 13 heavy (non-hydrogen) atoms. The lowest BCUT2D eigenvalue weighted by molar-refractivity contribution is 0.276. The van der Waals surface area contributed by atoms with Crippen LogP contribution >= 0.6 is 11.8 Å². The van der Waals surface area contributed by atoms with Crippen LogP contribution in [0.25, 0.3) is 10.4 Å². The van der Waals surface area contributed by atoms with Crippen LogP contribution < -0.4 is 0 Å². The predicted octanol–water partition coefficient (Wildman–Crippen LogP) is 2.37. The van der Waals surface area contributed by atoms with Gasteiger partial charge in [-0.3, -0.25) is 0 Å². The van der Waals surface area contributed by atoms with Crippen LogP contribution in [-0.2, 0) is 0 Å². The summed E-state index contributed by atoms with van der Waals surface area (Å²) in [6, 6.07) is 0.598. The van der Waals surface area contributed by atoms with Crippen LogP contribution in [0.5, 0.6) is 0 Å². The van der Waals surface area contributed by atoms with Gasteiger partial charge in [0.15, 0.2) is 0 Å². The molecule has 0 aromatic carbocycles. The van der Waals surface area contributed by atoms with E-state index in [1.807, 2.05) is 11.8 Å². The van der Waals surface area contributed by atoms with Crippen molar-refractivity contribution in [2.45, 2.75) is 19.4 Å². The molecule has 0 bridgehead atoms. The molecule has 0 aliphatic rings. The molecule has 0 spiro atoms. The van der Waals surface area contributed by atoms with Crippen molar-refractivity contribution in [2.75, 3.05) is 32.1 Å². The zero-order valence-corrected chi connectivity index (χ0v) is 9.42. The van der Waals surface area contributed by atoms with Crippen molar-refractivity contribution in [3.05, 3.63) is 10.4 Å². The van der Waals surface area contributed by atoms with Crippen molar-refractivity contribution in [2.24, 2.45) is 5.11 Å². The Morgan fingerprint density at radius 2 is 2.31 bits per heavy atom. The largest absolute Gasteiger partial charge is 0.303 e. The third kappa shape index (κ3) is 6.75. The highest BCUT2D eigenvalue weighted by Gasteiger charge is 2.06. The first kappa shape index (κ1) is 12.6. The van der Waals surface area contributed by atoms with Crippen LogP contribution in [0.3, 0.4) is 0 Å². The number of hydrogen-bond donors (Lipinski definition) is 0. The van der Waals surface area contributed by atoms with E-state index in [9.17, 15) is 0 Å². The minimum Gasteiger partial charge on any atom is -0.303 e. The second-order valence-corrected chi connectivity index (χ2v) is 4.00. The Labute approximate surface area is 84.3 Å². The topological polar surface area (TPSA) is 52.0 Å². The standard InChI is InChI=1S/C8H18N4S/c1-8(7-13-3)12(2)6-4-5-10-11-9/h8H,4-7H2,1-3H3. The number of nitrogens with zero attached hydrogens (tertiary/aromatic N) is 4. The van der Waals surface area contributed by atoms with Crippen LogP contribution in [0.4, 0.5) is 0 Å². The Morgan fingerprint density at radius 3 is 2.85 bits per heavy atom. The highest BCUT2D eigenvalue weighted by atomic mass is 32.2. The van der Waals surface area contributed by atoms with Gasteiger partial charge >= 0.3 is 0 Å². The molecule has 5 heteroatoms. The monoisotopic (exact) mass is 202 g/mol. The van der Waals surface area contributed by atoms with E-state index in [4.69, 9.17) is 5.53 Å². The SMILES string of the molecule is CSCC(C)N(C)CCCN=[N+]=[N-]. The van der Waals surface area contributed by atoms with E-state index < -0.39 is 0 Å². The maximum Gasteiger partial charge on any atom is 0.0270 e. The molecule has 0 N–H and O–H groups in total. The van der Waals surface area contributed by atoms with Gasteiger partial charge in [-0.1, -0.05) is 5.11 Å². The van der Waals surface area contributed by atoms with E-state index >= 15 is 0 Å². The van der Waals surface area contributed by atoms with E-state index in [-0.39, 0.29) is 0 Å². The third-order valence-corrected chi connectivity index (χ3v) is 2.81. The van der Waals surface area contributed by atoms with Crippen LogP contribution in [0.2, 0.25) is 0 Å². The normalized spacial score (nSPS) is 12.6. The molecule has 0 radical (unpaired) electrons. The second kappa shape index (κ2) is 8.23. The minimum atomic E-state index is 0.598. The molecule has 0 aromatic rings. The van der Waals surface area contributed by atoms with Gasteiger partial charge in [-0.05, 0) is 38.7 Å². The molecule has 0 saturated carbocycles. The first-order valence-electron chi connectivity index (χ1n) is 4.42. The summed E-state index contributed by atoms with van der Waals surface area (Å²) in [5.41, 5.74) is 8.07. The highest BCUT2D eigenvalue weighted by molar-refractivity contribution is 7.98. The summed E-state index contributed by atoms with van der Waals surface area (Å²) in [5.74, 6) is 1.15. The summed E-state index contributed by atoms with van der Waals surface area (Å²) in [6.07, 6.45) is 3.06. The Morgan fingerprint density at radius 1 is 1.62 bits per heavy atom. The van der Waals surface area contributed by atoms with Crippen LogP contribution in [0.1, 0.15) is 13.3 Å². The minimum absolute atomic E-state index is 0.598. The Bertz CT molecular complexity index is 168. The molecule has 76 valence electrons. The van der Waals surface area contributed by atoms with Gasteiger partial charge in [0.2, 0.25) is 0 Å². The average molecular weight is 202 g/mol. The van der Waals surface area contributed by atoms with E-state index in [0.717, 1.165) is 18.7 Å².